The molecule has 2 saturated heterocycles. The molecule has 2 aliphatic rings. The fourth-order valence-corrected chi connectivity index (χ4v) is 7.38. The molecule has 2 N–H and O–H groups in total. The molecule has 206 valence electrons. The number of aryl methyl sites for hydroxylation is 1. The molecule has 0 bridgehead atoms. The summed E-state index contributed by atoms with van der Waals surface area (Å²) in [5.41, 5.74) is 1.02. The molecular formula is C28H34Cl2N2O5S. The van der Waals surface area contributed by atoms with Crippen LogP contribution in [0.25, 0.3) is 0 Å². The minimum Gasteiger partial charge on any atom is -0.481 e. The van der Waals surface area contributed by atoms with Crippen molar-refractivity contribution in [2.75, 3.05) is 31.1 Å². The van der Waals surface area contributed by atoms with Gasteiger partial charge in [-0.25, -0.2) is 8.42 Å². The van der Waals surface area contributed by atoms with Crippen LogP contribution in [-0.4, -0.2) is 67.5 Å². The standard InChI is InChI=1S/C28H34Cl2N2O5S/c1-28(17-25(33)34)16-24(20-3-2-4-23(30)15-20)26(31-27(28)35)21(8-5-19-6-9-22(29)10-7-19)18-32-11-13-38(36,37)14-12-32/h2-4,6-7,9-10,15,21,24,26H,5,8,11-14,16-18H2,1H3,(H,31,35)(H,33,34)/t21-,24+,26+,28-/m0/s1. The second-order valence-electron chi connectivity index (χ2n) is 10.9. The van der Waals surface area contributed by atoms with Gasteiger partial charge < -0.3 is 15.3 Å². The molecule has 0 unspecified atom stereocenters. The molecule has 2 aromatic rings. The number of piperidine rings is 1. The molecule has 0 radical (unpaired) electrons. The molecule has 2 heterocycles. The van der Waals surface area contributed by atoms with Crippen molar-refractivity contribution in [3.05, 3.63) is 69.7 Å². The van der Waals surface area contributed by atoms with Crippen LogP contribution in [0.1, 0.15) is 43.2 Å². The highest BCUT2D eigenvalue weighted by atomic mass is 35.5. The summed E-state index contributed by atoms with van der Waals surface area (Å²) in [6.07, 6.45) is 1.63. The lowest BCUT2D eigenvalue weighted by Crippen LogP contribution is -2.58. The van der Waals surface area contributed by atoms with E-state index in [1.165, 1.54) is 0 Å². The minimum atomic E-state index is -3.02. The highest BCUT2D eigenvalue weighted by molar-refractivity contribution is 7.91. The lowest BCUT2D eigenvalue weighted by Gasteiger charge is -2.46. The third-order valence-corrected chi connectivity index (χ3v) is 10.0. The predicted octanol–water partition coefficient (Wildman–Crippen LogP) is 4.43. The number of rotatable bonds is 9. The van der Waals surface area contributed by atoms with Gasteiger partial charge in [0.2, 0.25) is 5.91 Å². The smallest absolute Gasteiger partial charge is 0.304 e. The molecule has 1 amide bonds. The summed E-state index contributed by atoms with van der Waals surface area (Å²) in [6.45, 7) is 3.25. The van der Waals surface area contributed by atoms with Gasteiger partial charge in [-0.05, 0) is 60.6 Å². The zero-order valence-electron chi connectivity index (χ0n) is 21.4. The summed E-state index contributed by atoms with van der Waals surface area (Å²) in [5, 5.41) is 14.0. The molecule has 2 aromatic carbocycles. The third-order valence-electron chi connectivity index (χ3n) is 7.92. The Kier molecular flexibility index (Phi) is 9.07. The van der Waals surface area contributed by atoms with Gasteiger partial charge in [-0.2, -0.15) is 0 Å². The number of carboxylic acids is 1. The van der Waals surface area contributed by atoms with Gasteiger partial charge >= 0.3 is 5.97 Å². The number of benzene rings is 2. The highest BCUT2D eigenvalue weighted by Gasteiger charge is 2.48. The lowest BCUT2D eigenvalue weighted by atomic mass is 9.66. The first-order valence-electron chi connectivity index (χ1n) is 12.9. The molecule has 4 rings (SSSR count). The SMILES string of the molecule is C[C@@]1(CC(=O)O)C[C@H](c2cccc(Cl)c2)[C@@H]([C@@H](CCc2ccc(Cl)cc2)CN2CCS(=O)(=O)CC2)NC1=O. The number of aliphatic carboxylic acids is 1. The second-order valence-corrected chi connectivity index (χ2v) is 14.1. The fraction of sp³-hybridized carbons (Fsp3) is 0.500. The molecular weight excluding hydrogens is 547 g/mol. The number of nitrogens with zero attached hydrogens (tertiary/aromatic N) is 1. The maximum Gasteiger partial charge on any atom is 0.304 e. The number of sulfone groups is 1. The van der Waals surface area contributed by atoms with Gasteiger partial charge in [0.1, 0.15) is 0 Å². The Balaban J connectivity index is 1.65. The summed E-state index contributed by atoms with van der Waals surface area (Å²) in [6, 6.07) is 15.0. The van der Waals surface area contributed by atoms with Gasteiger partial charge in [-0.1, -0.05) is 54.4 Å². The van der Waals surface area contributed by atoms with Crippen LogP contribution in [-0.2, 0) is 25.8 Å². The molecule has 38 heavy (non-hydrogen) atoms. The van der Waals surface area contributed by atoms with E-state index in [1.807, 2.05) is 42.5 Å². The van der Waals surface area contributed by atoms with Crippen molar-refractivity contribution in [3.63, 3.8) is 0 Å². The maximum atomic E-state index is 13.4. The molecule has 2 aliphatic heterocycles. The second kappa shape index (κ2) is 11.9. The van der Waals surface area contributed by atoms with Crippen LogP contribution in [0.3, 0.4) is 0 Å². The van der Waals surface area contributed by atoms with Gasteiger partial charge in [0, 0.05) is 41.6 Å². The van der Waals surface area contributed by atoms with E-state index < -0.39 is 21.2 Å². The van der Waals surface area contributed by atoms with Crippen LogP contribution in [0, 0.1) is 11.3 Å². The predicted molar refractivity (Wildman–Crippen MR) is 149 cm³/mol. The van der Waals surface area contributed by atoms with Crippen molar-refractivity contribution in [1.82, 2.24) is 10.2 Å². The molecule has 0 spiro atoms. The number of amides is 1. The van der Waals surface area contributed by atoms with Crippen LogP contribution in [0.5, 0.6) is 0 Å². The first kappa shape index (κ1) is 28.9. The van der Waals surface area contributed by atoms with E-state index in [2.05, 4.69) is 10.2 Å². The zero-order valence-corrected chi connectivity index (χ0v) is 23.7. The number of carboxylic acid groups (broad SMARTS) is 1. The van der Waals surface area contributed by atoms with Crippen molar-refractivity contribution in [2.24, 2.45) is 11.3 Å². The summed E-state index contributed by atoms with van der Waals surface area (Å²) in [4.78, 5) is 27.2. The van der Waals surface area contributed by atoms with Crippen molar-refractivity contribution >= 4 is 44.9 Å². The number of halogens is 2. The molecule has 0 aliphatic carbocycles. The molecule has 0 aromatic heterocycles. The summed E-state index contributed by atoms with van der Waals surface area (Å²) >= 11 is 12.4. The number of carbonyl (C=O) groups excluding carboxylic acids is 1. The Hall–Kier alpha value is -2.13. The van der Waals surface area contributed by atoms with Crippen molar-refractivity contribution in [1.29, 1.82) is 0 Å². The number of carbonyl (C=O) groups is 2. The molecule has 7 nitrogen and oxygen atoms in total. The molecule has 10 heteroatoms. The van der Waals surface area contributed by atoms with Crippen molar-refractivity contribution < 1.29 is 23.1 Å². The Morgan fingerprint density at radius 1 is 1.13 bits per heavy atom. The summed E-state index contributed by atoms with van der Waals surface area (Å²) in [7, 11) is -3.02. The normalized spacial score (nSPS) is 26.4. The number of nitrogens with one attached hydrogen (secondary N) is 1. The van der Waals surface area contributed by atoms with Gasteiger partial charge in [0.15, 0.2) is 9.84 Å². The van der Waals surface area contributed by atoms with Crippen molar-refractivity contribution in [3.8, 4) is 0 Å². The van der Waals surface area contributed by atoms with E-state index in [4.69, 9.17) is 23.2 Å². The van der Waals surface area contributed by atoms with Gasteiger partial charge in [-0.3, -0.25) is 9.59 Å². The summed E-state index contributed by atoms with van der Waals surface area (Å²) < 4.78 is 24.1. The van der Waals surface area contributed by atoms with E-state index in [9.17, 15) is 23.1 Å². The van der Waals surface area contributed by atoms with Crippen LogP contribution in [0.15, 0.2) is 48.5 Å². The summed E-state index contributed by atoms with van der Waals surface area (Å²) in [5.74, 6) is -1.18. The van der Waals surface area contributed by atoms with Crippen LogP contribution >= 0.6 is 23.2 Å². The van der Waals surface area contributed by atoms with Crippen LogP contribution in [0.4, 0.5) is 0 Å². The number of hydrogen-bond donors (Lipinski definition) is 2. The average molecular weight is 582 g/mol. The topological polar surface area (TPSA) is 104 Å². The molecule has 0 saturated carbocycles. The van der Waals surface area contributed by atoms with Gasteiger partial charge in [-0.15, -0.1) is 0 Å². The molecule has 4 atom stereocenters. The van der Waals surface area contributed by atoms with E-state index in [0.29, 0.717) is 36.1 Å². The first-order chi connectivity index (χ1) is 17.9. The monoisotopic (exact) mass is 580 g/mol. The van der Waals surface area contributed by atoms with E-state index in [1.54, 1.807) is 13.0 Å². The van der Waals surface area contributed by atoms with Crippen LogP contribution < -0.4 is 5.32 Å². The fourth-order valence-electron chi connectivity index (χ4n) is 5.78. The Morgan fingerprint density at radius 2 is 1.82 bits per heavy atom. The quantitative estimate of drug-likeness (QED) is 0.455. The third kappa shape index (κ3) is 7.29. The highest BCUT2D eigenvalue weighted by Crippen LogP contribution is 2.44. The minimum absolute atomic E-state index is 0.00575. The molecule has 2 fully saturated rings. The Morgan fingerprint density at radius 3 is 2.45 bits per heavy atom. The first-order valence-corrected chi connectivity index (χ1v) is 15.5. The zero-order chi connectivity index (χ0) is 27.5. The van der Waals surface area contributed by atoms with E-state index >= 15 is 0 Å². The van der Waals surface area contributed by atoms with Crippen molar-refractivity contribution in [2.45, 2.75) is 44.6 Å². The van der Waals surface area contributed by atoms with E-state index in [-0.39, 0.29) is 41.7 Å². The maximum absolute atomic E-state index is 13.4. The largest absolute Gasteiger partial charge is 0.481 e. The van der Waals surface area contributed by atoms with Gasteiger partial charge in [0.25, 0.3) is 0 Å². The Labute approximate surface area is 234 Å². The Bertz CT molecular complexity index is 1260. The van der Waals surface area contributed by atoms with Gasteiger partial charge in [0.05, 0.1) is 23.3 Å². The number of hydrogen-bond acceptors (Lipinski definition) is 5. The average Bonchev–Trinajstić information content (AvgIpc) is 2.85. The van der Waals surface area contributed by atoms with E-state index in [0.717, 1.165) is 24.0 Å². The lowest BCUT2D eigenvalue weighted by molar-refractivity contribution is -0.147. The van der Waals surface area contributed by atoms with Crippen LogP contribution in [0.2, 0.25) is 10.0 Å².